The lowest BCUT2D eigenvalue weighted by molar-refractivity contribution is 0.103. The summed E-state index contributed by atoms with van der Waals surface area (Å²) in [6.45, 7) is 1.76. The average molecular weight is 333 g/mol. The van der Waals surface area contributed by atoms with Crippen LogP contribution >= 0.6 is 22.9 Å². The van der Waals surface area contributed by atoms with Crippen molar-refractivity contribution in [2.45, 2.75) is 25.7 Å². The number of aryl methyl sites for hydroxylation is 1. The van der Waals surface area contributed by atoms with Crippen molar-refractivity contribution in [2.75, 3.05) is 5.32 Å². The Morgan fingerprint density at radius 2 is 2.32 bits per heavy atom. The van der Waals surface area contributed by atoms with Crippen LogP contribution in [0.1, 0.15) is 39.9 Å². The highest BCUT2D eigenvalue weighted by atomic mass is 32.1. The van der Waals surface area contributed by atoms with Crippen molar-refractivity contribution in [1.29, 1.82) is 0 Å². The number of amides is 1. The molecule has 0 aromatic carbocycles. The smallest absolute Gasteiger partial charge is 0.269 e. The van der Waals surface area contributed by atoms with Crippen LogP contribution in [0.15, 0.2) is 16.0 Å². The largest absolute Gasteiger partial charge is 0.334 e. The van der Waals surface area contributed by atoms with Gasteiger partial charge in [-0.3, -0.25) is 4.79 Å². The molecule has 3 aromatic heterocycles. The van der Waals surface area contributed by atoms with Gasteiger partial charge in [-0.1, -0.05) is 9.64 Å². The topological polar surface area (TPSA) is 93.8 Å². The van der Waals surface area contributed by atoms with E-state index < -0.39 is 0 Å². The van der Waals surface area contributed by atoms with Gasteiger partial charge in [0.2, 0.25) is 0 Å². The van der Waals surface area contributed by atoms with Gasteiger partial charge in [-0.05, 0) is 42.7 Å². The Morgan fingerprint density at radius 1 is 1.45 bits per heavy atom. The third kappa shape index (κ3) is 2.42. The van der Waals surface area contributed by atoms with Gasteiger partial charge in [0.1, 0.15) is 9.88 Å². The molecule has 3 aromatic rings. The first kappa shape index (κ1) is 13.5. The van der Waals surface area contributed by atoms with Gasteiger partial charge in [0.05, 0.1) is 11.3 Å². The summed E-state index contributed by atoms with van der Waals surface area (Å²) in [6, 6.07) is 1.86. The zero-order valence-electron chi connectivity index (χ0n) is 11.6. The van der Waals surface area contributed by atoms with Gasteiger partial charge in [-0.15, -0.1) is 16.4 Å². The minimum Gasteiger partial charge on any atom is -0.334 e. The van der Waals surface area contributed by atoms with E-state index >= 15 is 0 Å². The molecule has 1 aliphatic carbocycles. The summed E-state index contributed by atoms with van der Waals surface area (Å²) in [5.74, 6) is 1.40. The second kappa shape index (κ2) is 5.25. The average Bonchev–Trinajstić information content (AvgIpc) is 2.91. The number of anilines is 1. The van der Waals surface area contributed by atoms with Crippen LogP contribution in [0, 0.1) is 6.92 Å². The van der Waals surface area contributed by atoms with E-state index in [1.807, 2.05) is 11.4 Å². The normalized spacial score (nSPS) is 14.2. The molecule has 9 heteroatoms. The Bertz CT molecular complexity index is 833. The van der Waals surface area contributed by atoms with E-state index in [9.17, 15) is 4.79 Å². The van der Waals surface area contributed by atoms with Crippen molar-refractivity contribution in [3.05, 3.63) is 27.8 Å². The lowest BCUT2D eigenvalue weighted by Gasteiger charge is -2.02. The Balaban J connectivity index is 1.59. The van der Waals surface area contributed by atoms with Crippen molar-refractivity contribution < 1.29 is 9.32 Å². The van der Waals surface area contributed by atoms with Crippen molar-refractivity contribution in [1.82, 2.24) is 19.7 Å². The van der Waals surface area contributed by atoms with Gasteiger partial charge in [0.15, 0.2) is 5.82 Å². The molecule has 7 nitrogen and oxygen atoms in total. The summed E-state index contributed by atoms with van der Waals surface area (Å²) < 4.78 is 9.09. The van der Waals surface area contributed by atoms with E-state index in [4.69, 9.17) is 4.52 Å². The maximum Gasteiger partial charge on any atom is 0.269 e. The van der Waals surface area contributed by atoms with Crippen LogP contribution in [0.5, 0.6) is 0 Å². The molecule has 1 saturated carbocycles. The zero-order chi connectivity index (χ0) is 15.1. The summed E-state index contributed by atoms with van der Waals surface area (Å²) in [7, 11) is 0. The van der Waals surface area contributed by atoms with Crippen LogP contribution in [-0.4, -0.2) is 25.6 Å². The van der Waals surface area contributed by atoms with Crippen LogP contribution in [0.3, 0.4) is 0 Å². The standard InChI is InChI=1S/C13H11N5O2S2/c1-6-9(22-18-16-6)11(19)15-13-8(4-5-21-13)12-14-10(17-20-12)7-2-3-7/h4-5,7H,2-3H2,1H3,(H,15,19). The first-order valence-electron chi connectivity index (χ1n) is 6.74. The van der Waals surface area contributed by atoms with Crippen molar-refractivity contribution in [3.63, 3.8) is 0 Å². The molecule has 1 N–H and O–H groups in total. The molecule has 1 aliphatic rings. The number of aromatic nitrogens is 4. The lowest BCUT2D eigenvalue weighted by Crippen LogP contribution is -2.11. The summed E-state index contributed by atoms with van der Waals surface area (Å²) in [5, 5.41) is 13.3. The molecular formula is C13H11N5O2S2. The molecule has 1 fully saturated rings. The highest BCUT2D eigenvalue weighted by molar-refractivity contribution is 7.15. The van der Waals surface area contributed by atoms with E-state index in [2.05, 4.69) is 25.0 Å². The maximum atomic E-state index is 12.3. The monoisotopic (exact) mass is 333 g/mol. The van der Waals surface area contributed by atoms with Crippen LogP contribution in [0.25, 0.3) is 11.5 Å². The summed E-state index contributed by atoms with van der Waals surface area (Å²) in [6.07, 6.45) is 2.23. The first-order chi connectivity index (χ1) is 10.7. The number of thiophene rings is 1. The summed E-state index contributed by atoms with van der Waals surface area (Å²) in [4.78, 5) is 17.2. The van der Waals surface area contributed by atoms with Gasteiger partial charge >= 0.3 is 0 Å². The van der Waals surface area contributed by atoms with E-state index in [0.29, 0.717) is 27.4 Å². The van der Waals surface area contributed by atoms with E-state index in [0.717, 1.165) is 35.8 Å². The highest BCUT2D eigenvalue weighted by Gasteiger charge is 2.29. The van der Waals surface area contributed by atoms with Crippen molar-refractivity contribution in [3.8, 4) is 11.5 Å². The maximum absolute atomic E-state index is 12.3. The molecule has 112 valence electrons. The fourth-order valence-corrected chi connectivity index (χ4v) is 3.35. The quantitative estimate of drug-likeness (QED) is 0.788. The van der Waals surface area contributed by atoms with Crippen LogP contribution in [0.4, 0.5) is 5.00 Å². The SMILES string of the molecule is Cc1nnsc1C(=O)Nc1sccc1-c1nc(C2CC2)no1. The molecule has 22 heavy (non-hydrogen) atoms. The predicted octanol–water partition coefficient (Wildman–Crippen LogP) is 3.09. The van der Waals surface area contributed by atoms with Gasteiger partial charge in [0, 0.05) is 5.92 Å². The van der Waals surface area contributed by atoms with Gasteiger partial charge in [-0.25, -0.2) is 0 Å². The second-order valence-electron chi connectivity index (χ2n) is 5.04. The van der Waals surface area contributed by atoms with Crippen LogP contribution in [-0.2, 0) is 0 Å². The third-order valence-electron chi connectivity index (χ3n) is 3.36. The molecule has 4 rings (SSSR count). The predicted molar refractivity (Wildman–Crippen MR) is 82.2 cm³/mol. The number of hydrogen-bond acceptors (Lipinski definition) is 8. The van der Waals surface area contributed by atoms with E-state index in [-0.39, 0.29) is 5.91 Å². The van der Waals surface area contributed by atoms with Gasteiger partial charge < -0.3 is 9.84 Å². The Labute approximate surface area is 133 Å². The fourth-order valence-electron chi connectivity index (χ4n) is 2.03. The van der Waals surface area contributed by atoms with Crippen molar-refractivity contribution >= 4 is 33.8 Å². The lowest BCUT2D eigenvalue weighted by atomic mass is 10.3. The summed E-state index contributed by atoms with van der Waals surface area (Å²) in [5.41, 5.74) is 1.36. The first-order valence-corrected chi connectivity index (χ1v) is 8.39. The third-order valence-corrected chi connectivity index (χ3v) is 5.02. The zero-order valence-corrected chi connectivity index (χ0v) is 13.2. The molecule has 0 unspecified atom stereocenters. The second-order valence-corrected chi connectivity index (χ2v) is 6.71. The Morgan fingerprint density at radius 3 is 3.05 bits per heavy atom. The Kier molecular flexibility index (Phi) is 3.23. The van der Waals surface area contributed by atoms with Crippen LogP contribution in [0.2, 0.25) is 0 Å². The van der Waals surface area contributed by atoms with Gasteiger partial charge in [-0.2, -0.15) is 4.98 Å². The molecule has 0 spiro atoms. The highest BCUT2D eigenvalue weighted by Crippen LogP contribution is 2.40. The molecule has 3 heterocycles. The van der Waals surface area contributed by atoms with Crippen LogP contribution < -0.4 is 5.32 Å². The molecular weight excluding hydrogens is 322 g/mol. The van der Waals surface area contributed by atoms with E-state index in [1.54, 1.807) is 6.92 Å². The molecule has 0 bridgehead atoms. The number of carbonyl (C=O) groups is 1. The number of hydrogen-bond donors (Lipinski definition) is 1. The van der Waals surface area contributed by atoms with E-state index in [1.165, 1.54) is 11.3 Å². The van der Waals surface area contributed by atoms with Gasteiger partial charge in [0.25, 0.3) is 11.8 Å². The number of nitrogens with zero attached hydrogens (tertiary/aromatic N) is 4. The number of nitrogens with one attached hydrogen (secondary N) is 1. The number of carbonyl (C=O) groups excluding carboxylic acids is 1. The molecule has 1 amide bonds. The Hall–Kier alpha value is -2.13. The van der Waals surface area contributed by atoms with Crippen molar-refractivity contribution in [2.24, 2.45) is 0 Å². The summed E-state index contributed by atoms with van der Waals surface area (Å²) >= 11 is 2.49. The fraction of sp³-hybridized carbons (Fsp3) is 0.308. The minimum absolute atomic E-state index is 0.224. The molecule has 0 aliphatic heterocycles. The molecule has 0 saturated heterocycles. The number of rotatable bonds is 4. The molecule has 0 atom stereocenters. The molecule has 0 radical (unpaired) electrons. The minimum atomic E-state index is -0.224.